The minimum atomic E-state index is -2.39. The van der Waals surface area contributed by atoms with Crippen molar-refractivity contribution < 1.29 is 78.7 Å². The molecule has 0 fully saturated rings. The van der Waals surface area contributed by atoms with Crippen LogP contribution in [-0.4, -0.2) is 30.3 Å². The Labute approximate surface area is 258 Å². The zero-order chi connectivity index (χ0) is 32.9. The van der Waals surface area contributed by atoms with E-state index in [0.29, 0.717) is 0 Å². The minimum Gasteiger partial charge on any atom is -0.307 e. The number of rotatable bonds is 2. The van der Waals surface area contributed by atoms with Crippen LogP contribution in [0.25, 0.3) is 44.1 Å². The summed E-state index contributed by atoms with van der Waals surface area (Å²) in [5.41, 5.74) is -4.33. The molecular weight excluding hydrogens is 812 g/mol. The van der Waals surface area contributed by atoms with Crippen molar-refractivity contribution in [2.24, 2.45) is 0 Å². The van der Waals surface area contributed by atoms with Crippen molar-refractivity contribution >= 4 is 53.8 Å². The Morgan fingerprint density at radius 3 is 1.25 bits per heavy atom. The third kappa shape index (κ3) is 6.19. The van der Waals surface area contributed by atoms with Gasteiger partial charge in [-0.05, 0) is 17.7 Å². The van der Waals surface area contributed by atoms with Gasteiger partial charge in [0.1, 0.15) is 25.5 Å². The number of benzene rings is 3. The van der Waals surface area contributed by atoms with E-state index in [1.54, 1.807) is 0 Å². The first kappa shape index (κ1) is 37.8. The molecule has 44 heavy (non-hydrogen) atoms. The van der Waals surface area contributed by atoms with Crippen LogP contribution in [0, 0.1) is 58.2 Å². The number of fused-ring (bicyclic) bond motifs is 3. The number of nitrogens with zero attached hydrogens (tertiary/aromatic N) is 2. The van der Waals surface area contributed by atoms with Crippen LogP contribution in [0.15, 0.2) is 30.5 Å². The second-order valence-electron chi connectivity index (χ2n) is 7.60. The van der Waals surface area contributed by atoms with Crippen molar-refractivity contribution in [2.45, 2.75) is 0 Å². The number of carbonyl (C=O) groups is 3. The summed E-state index contributed by atoms with van der Waals surface area (Å²) in [5, 5.41) is -0.971. The van der Waals surface area contributed by atoms with Gasteiger partial charge < -0.3 is 14.4 Å². The maximum atomic E-state index is 14.6. The standard InChI is InChI=1S/C24H5ClF10N2.3CH2O.Re/c25-10-5-9(12-15(28)19(32)22(35)20(33)16(12)29)8-2-1-7-6(3-4-36-23(7)24(8)37-10)11-13(26)17(30)21(34)18(31)14(11)27;3*1-2;/h1-5H;3*1H2;. The molecule has 0 unspecified atom stereocenters. The molecule has 5 aromatic rings. The Kier molecular flexibility index (Phi) is 13.3. The van der Waals surface area contributed by atoms with Crippen LogP contribution in [0.2, 0.25) is 5.15 Å². The van der Waals surface area contributed by atoms with Crippen molar-refractivity contribution in [3.63, 3.8) is 0 Å². The molecule has 2 heterocycles. The third-order valence-electron chi connectivity index (χ3n) is 5.62. The van der Waals surface area contributed by atoms with Crippen LogP contribution in [-0.2, 0) is 34.8 Å². The van der Waals surface area contributed by atoms with Crippen molar-refractivity contribution in [1.29, 1.82) is 0 Å². The Morgan fingerprint density at radius 2 is 0.841 bits per heavy atom. The van der Waals surface area contributed by atoms with Crippen LogP contribution in [0.4, 0.5) is 43.9 Å². The SMILES string of the molecule is C=O.C=O.C=O.Fc1c(F)c(F)c(-c2ccnc3c2ccc2c(-c4c(F)c(F)c(F)c(F)c4F)cc(Cl)nc23)c(F)c1F.[Re]. The minimum absolute atomic E-state index is 0. The summed E-state index contributed by atoms with van der Waals surface area (Å²) in [4.78, 5) is 31.9. The molecule has 3 aromatic carbocycles. The van der Waals surface area contributed by atoms with E-state index in [9.17, 15) is 43.9 Å². The largest absolute Gasteiger partial charge is 0.307 e. The van der Waals surface area contributed by atoms with E-state index >= 15 is 0 Å². The molecule has 17 heteroatoms. The van der Waals surface area contributed by atoms with Crippen molar-refractivity contribution in [1.82, 2.24) is 9.97 Å². The maximum Gasteiger partial charge on any atom is 0.200 e. The summed E-state index contributed by atoms with van der Waals surface area (Å²) in [6.07, 6.45) is 0.926. The Bertz CT molecular complexity index is 1820. The van der Waals surface area contributed by atoms with Gasteiger partial charge in [-0.25, -0.2) is 48.9 Å². The van der Waals surface area contributed by atoms with Crippen molar-refractivity contribution in [2.75, 3.05) is 0 Å². The summed E-state index contributed by atoms with van der Waals surface area (Å²) < 4.78 is 141. The zero-order valence-electron chi connectivity index (χ0n) is 21.2. The van der Waals surface area contributed by atoms with E-state index in [4.69, 9.17) is 26.0 Å². The average molecular weight is 823 g/mol. The summed E-state index contributed by atoms with van der Waals surface area (Å²) in [6, 6.07) is 3.85. The number of hydrogen-bond donors (Lipinski definition) is 0. The molecule has 0 atom stereocenters. The normalized spacial score (nSPS) is 10.1. The average Bonchev–Trinajstić information content (AvgIpc) is 3.04. The van der Waals surface area contributed by atoms with Gasteiger partial charge in [-0.15, -0.1) is 0 Å². The van der Waals surface area contributed by atoms with Crippen molar-refractivity contribution in [3.8, 4) is 22.3 Å². The fourth-order valence-corrected chi connectivity index (χ4v) is 4.17. The van der Waals surface area contributed by atoms with Gasteiger partial charge in [0.2, 0.25) is 11.6 Å². The second-order valence-corrected chi connectivity index (χ2v) is 7.99. The Balaban J connectivity index is 0.00000130. The van der Waals surface area contributed by atoms with Crippen molar-refractivity contribution in [3.05, 3.63) is 93.8 Å². The number of carbonyl (C=O) groups excluding carboxylic acids is 3. The first-order chi connectivity index (χ1) is 20.5. The van der Waals surface area contributed by atoms with Crippen LogP contribution in [0.3, 0.4) is 0 Å². The molecule has 0 spiro atoms. The smallest absolute Gasteiger partial charge is 0.200 e. The van der Waals surface area contributed by atoms with Gasteiger partial charge in [-0.3, -0.25) is 4.98 Å². The van der Waals surface area contributed by atoms with Crippen LogP contribution < -0.4 is 0 Å². The summed E-state index contributed by atoms with van der Waals surface area (Å²) in [7, 11) is 0. The van der Waals surface area contributed by atoms with E-state index in [1.807, 2.05) is 20.4 Å². The molecule has 231 valence electrons. The van der Waals surface area contributed by atoms with Gasteiger partial charge in [0.25, 0.3) is 0 Å². The molecule has 0 aliphatic heterocycles. The topological polar surface area (TPSA) is 77.0 Å². The third-order valence-corrected chi connectivity index (χ3v) is 5.81. The summed E-state index contributed by atoms with van der Waals surface area (Å²) in [5.74, 6) is -22.2. The zero-order valence-corrected chi connectivity index (χ0v) is 24.6. The van der Waals surface area contributed by atoms with E-state index in [1.165, 1.54) is 0 Å². The summed E-state index contributed by atoms with van der Waals surface area (Å²) in [6.45, 7) is 6.00. The van der Waals surface area contributed by atoms with Gasteiger partial charge in [0, 0.05) is 43.0 Å². The van der Waals surface area contributed by atoms with Gasteiger partial charge in [-0.2, -0.15) is 0 Å². The van der Waals surface area contributed by atoms with Gasteiger partial charge in [-0.1, -0.05) is 23.7 Å². The van der Waals surface area contributed by atoms with E-state index in [-0.39, 0.29) is 42.2 Å². The Morgan fingerprint density at radius 1 is 0.500 bits per heavy atom. The number of halogens is 11. The molecule has 0 N–H and O–H groups in total. The molecule has 0 aliphatic carbocycles. The first-order valence-corrected chi connectivity index (χ1v) is 11.1. The molecular formula is C27H11ClF10N2O3Re. The quantitative estimate of drug-likeness (QED) is 0.0603. The van der Waals surface area contributed by atoms with Gasteiger partial charge in [0.15, 0.2) is 46.5 Å². The first-order valence-electron chi connectivity index (χ1n) is 10.7. The molecule has 5 rings (SSSR count). The molecule has 0 saturated heterocycles. The summed E-state index contributed by atoms with van der Waals surface area (Å²) >= 11 is 5.95. The van der Waals surface area contributed by atoms with E-state index in [2.05, 4.69) is 9.97 Å². The monoisotopic (exact) mass is 823 g/mol. The predicted molar refractivity (Wildman–Crippen MR) is 134 cm³/mol. The van der Waals surface area contributed by atoms with E-state index in [0.717, 1.165) is 30.5 Å². The van der Waals surface area contributed by atoms with E-state index < -0.39 is 85.6 Å². The maximum absolute atomic E-state index is 14.6. The molecule has 1 radical (unpaired) electrons. The fourth-order valence-electron chi connectivity index (χ4n) is 3.98. The van der Waals surface area contributed by atoms with Crippen LogP contribution in [0.5, 0.6) is 0 Å². The van der Waals surface area contributed by atoms with Crippen LogP contribution >= 0.6 is 11.6 Å². The molecule has 5 nitrogen and oxygen atoms in total. The second kappa shape index (κ2) is 15.5. The number of aromatic nitrogens is 2. The number of hydrogen-bond acceptors (Lipinski definition) is 5. The molecule has 0 amide bonds. The molecule has 2 aromatic heterocycles. The van der Waals surface area contributed by atoms with Gasteiger partial charge in [0.05, 0.1) is 22.2 Å². The predicted octanol–water partition coefficient (Wildman–Crippen LogP) is 7.60. The van der Waals surface area contributed by atoms with Crippen LogP contribution in [0.1, 0.15) is 0 Å². The molecule has 0 saturated carbocycles. The number of pyridine rings is 2. The van der Waals surface area contributed by atoms with Gasteiger partial charge >= 0.3 is 0 Å². The molecule has 0 aliphatic rings. The fraction of sp³-hybridized carbons (Fsp3) is 0. The molecule has 0 bridgehead atoms. The Hall–Kier alpha value is -4.26.